The molecule has 38 heavy (non-hydrogen) atoms. The van der Waals surface area contributed by atoms with Gasteiger partial charge in [-0.3, -0.25) is 9.88 Å². The monoisotopic (exact) mass is 541 g/mol. The zero-order valence-corrected chi connectivity index (χ0v) is 23.4. The molecule has 12 heteroatoms. The average molecular weight is 542 g/mol. The molecule has 0 bridgehead atoms. The van der Waals surface area contributed by atoms with Crippen molar-refractivity contribution in [2.45, 2.75) is 59.7 Å². The van der Waals surface area contributed by atoms with Crippen molar-refractivity contribution in [1.82, 2.24) is 24.6 Å². The molecule has 3 N–H and O–H groups in total. The smallest absolute Gasteiger partial charge is 0.312 e. The topological polar surface area (TPSA) is 139 Å². The largest absolute Gasteiger partial charge is 0.465 e. The summed E-state index contributed by atoms with van der Waals surface area (Å²) in [5.41, 5.74) is 7.39. The maximum atomic E-state index is 14.3. The van der Waals surface area contributed by atoms with Crippen molar-refractivity contribution in [1.29, 1.82) is 0 Å². The summed E-state index contributed by atoms with van der Waals surface area (Å²) in [7, 11) is -3.27. The second kappa shape index (κ2) is 12.5. The van der Waals surface area contributed by atoms with Crippen LogP contribution in [0.3, 0.4) is 0 Å². The number of carbonyl (C=O) groups is 1. The van der Waals surface area contributed by atoms with Gasteiger partial charge in [0.2, 0.25) is 0 Å². The Kier molecular flexibility index (Phi) is 9.60. The molecular weight excluding hydrogens is 505 g/mol. The molecule has 0 spiro atoms. The minimum atomic E-state index is -3.27. The molecule has 0 saturated heterocycles. The summed E-state index contributed by atoms with van der Waals surface area (Å²) < 4.78 is 27.6. The highest BCUT2D eigenvalue weighted by Gasteiger charge is 2.39. The first kappa shape index (κ1) is 29.2. The Morgan fingerprint density at radius 2 is 1.95 bits per heavy atom. The van der Waals surface area contributed by atoms with Crippen LogP contribution in [0.1, 0.15) is 52.6 Å². The summed E-state index contributed by atoms with van der Waals surface area (Å²) in [5.74, 6) is -0.0997. The van der Waals surface area contributed by atoms with E-state index in [-0.39, 0.29) is 24.7 Å². The van der Waals surface area contributed by atoms with Gasteiger partial charge >= 0.3 is 5.97 Å². The van der Waals surface area contributed by atoms with E-state index in [2.05, 4.69) is 24.9 Å². The van der Waals surface area contributed by atoms with Crippen molar-refractivity contribution < 1.29 is 18.8 Å². The molecular formula is C26H36N7O4P. The third-order valence-corrected chi connectivity index (χ3v) is 8.77. The summed E-state index contributed by atoms with van der Waals surface area (Å²) in [6.07, 6.45) is 3.32. The van der Waals surface area contributed by atoms with Gasteiger partial charge in [-0.2, -0.15) is 0 Å². The minimum Gasteiger partial charge on any atom is -0.465 e. The van der Waals surface area contributed by atoms with Crippen molar-refractivity contribution in [3.63, 3.8) is 0 Å². The Balaban J connectivity index is 1.77. The molecule has 0 aliphatic carbocycles. The highest BCUT2D eigenvalue weighted by Crippen LogP contribution is 2.49. The first-order valence-electron chi connectivity index (χ1n) is 12.5. The van der Waals surface area contributed by atoms with E-state index >= 15 is 0 Å². The number of aromatic nitrogens is 4. The molecule has 204 valence electrons. The first-order valence-corrected chi connectivity index (χ1v) is 14.6. The number of fused-ring (bicyclic) bond motifs is 1. The number of nitrogens with zero attached hydrogens (tertiary/aromatic N) is 5. The zero-order valence-electron chi connectivity index (χ0n) is 22.5. The lowest BCUT2D eigenvalue weighted by molar-refractivity contribution is -0.152. The third-order valence-electron chi connectivity index (χ3n) is 6.04. The van der Waals surface area contributed by atoms with Crippen LogP contribution in [0.2, 0.25) is 0 Å². The van der Waals surface area contributed by atoms with Gasteiger partial charge in [0.15, 0.2) is 24.4 Å². The van der Waals surface area contributed by atoms with Crippen LogP contribution in [0, 0.1) is 12.0 Å². The van der Waals surface area contributed by atoms with E-state index in [1.807, 2.05) is 37.5 Å². The minimum absolute atomic E-state index is 0.0531. The van der Waals surface area contributed by atoms with E-state index < -0.39 is 18.7 Å². The third kappa shape index (κ3) is 7.38. The van der Waals surface area contributed by atoms with Crippen LogP contribution >= 0.6 is 7.29 Å². The summed E-state index contributed by atoms with van der Waals surface area (Å²) in [5, 5.41) is 3.25. The lowest BCUT2D eigenvalue weighted by atomic mass is 9.97. The van der Waals surface area contributed by atoms with Crippen molar-refractivity contribution in [2.24, 2.45) is 5.41 Å². The van der Waals surface area contributed by atoms with Gasteiger partial charge in [-0.15, -0.1) is 0 Å². The number of benzene rings is 1. The van der Waals surface area contributed by atoms with E-state index in [1.54, 1.807) is 32.3 Å². The van der Waals surface area contributed by atoms with Crippen molar-refractivity contribution in [3.05, 3.63) is 53.9 Å². The molecule has 2 aromatic heterocycles. The van der Waals surface area contributed by atoms with Gasteiger partial charge in [0.25, 0.3) is 0 Å². The van der Waals surface area contributed by atoms with Gasteiger partial charge in [-0.1, -0.05) is 31.2 Å². The molecule has 0 aliphatic heterocycles. The van der Waals surface area contributed by atoms with Crippen LogP contribution in [0.4, 0.5) is 11.5 Å². The quantitative estimate of drug-likeness (QED) is 0.175. The fourth-order valence-corrected chi connectivity index (χ4v) is 7.11. The number of carbonyl (C=O) groups excluding carboxylic acids is 1. The van der Waals surface area contributed by atoms with Crippen LogP contribution in [0.25, 0.3) is 16.0 Å². The summed E-state index contributed by atoms with van der Waals surface area (Å²) >= 11 is 0. The van der Waals surface area contributed by atoms with Gasteiger partial charge in [0.1, 0.15) is 18.2 Å². The van der Waals surface area contributed by atoms with Crippen molar-refractivity contribution >= 4 is 35.9 Å². The maximum absolute atomic E-state index is 14.3. The number of rotatable bonds is 13. The summed E-state index contributed by atoms with van der Waals surface area (Å²) in [4.78, 5) is 28.7. The van der Waals surface area contributed by atoms with Crippen molar-refractivity contribution in [3.8, 4) is 0 Å². The fourth-order valence-electron chi connectivity index (χ4n) is 4.10. The molecule has 2 heterocycles. The number of anilines is 1. The molecule has 0 saturated carbocycles. The second-order valence-electron chi connectivity index (χ2n) is 10.1. The molecule has 0 radical (unpaired) electrons. The Morgan fingerprint density at radius 3 is 2.61 bits per heavy atom. The number of hydrogen-bond acceptors (Lipinski definition) is 8. The van der Waals surface area contributed by atoms with Gasteiger partial charge in [0, 0.05) is 12.2 Å². The standard InChI is InChI=1S/C26H36N7O4P/c1-7-12-36-25(34)26(4,5)14-38(35,32-19(3)20-8-10-21(28-6)11-9-20)17-37-18(2)13-33-16-31-22-23(27)29-15-30-24(22)33/h8-11,15-16,18-19H,7,12-14,17H2,1-5H3,(H,32,35)(H2,27,29,30)/t18-,19-,38?/m1/s1. The van der Waals surface area contributed by atoms with Gasteiger partial charge < -0.3 is 24.3 Å². The second-order valence-corrected chi connectivity index (χ2v) is 12.7. The predicted molar refractivity (Wildman–Crippen MR) is 147 cm³/mol. The van der Waals surface area contributed by atoms with Crippen LogP contribution in [-0.4, -0.2) is 50.7 Å². The van der Waals surface area contributed by atoms with Crippen LogP contribution < -0.4 is 10.8 Å². The molecule has 3 rings (SSSR count). The number of imidazole rings is 1. The van der Waals surface area contributed by atoms with Gasteiger partial charge in [-0.25, -0.2) is 19.8 Å². The highest BCUT2D eigenvalue weighted by molar-refractivity contribution is 7.61. The number of esters is 1. The number of nitrogens with two attached hydrogens (primary N) is 1. The van der Waals surface area contributed by atoms with E-state index in [0.717, 1.165) is 5.56 Å². The van der Waals surface area contributed by atoms with Crippen molar-refractivity contribution in [2.75, 3.05) is 24.9 Å². The number of hydrogen-bond donors (Lipinski definition) is 2. The summed E-state index contributed by atoms with van der Waals surface area (Å²) in [6.45, 7) is 17.0. The Morgan fingerprint density at radius 1 is 1.24 bits per heavy atom. The first-order chi connectivity index (χ1) is 18.0. The van der Waals surface area contributed by atoms with Gasteiger partial charge in [0.05, 0.1) is 37.6 Å². The summed E-state index contributed by atoms with van der Waals surface area (Å²) in [6, 6.07) is 6.80. The molecule has 1 aromatic carbocycles. The van der Waals surface area contributed by atoms with E-state index in [9.17, 15) is 9.36 Å². The number of ether oxygens (including phenoxy) is 2. The predicted octanol–water partition coefficient (Wildman–Crippen LogP) is 4.93. The van der Waals surface area contributed by atoms with Crippen LogP contribution in [-0.2, 0) is 25.4 Å². The lowest BCUT2D eigenvalue weighted by Gasteiger charge is -2.31. The normalized spacial score (nSPS) is 14.9. The Hall–Kier alpha value is -3.32. The molecule has 3 aromatic rings. The van der Waals surface area contributed by atoms with Gasteiger partial charge in [-0.05, 0) is 39.7 Å². The Labute approximate surface area is 223 Å². The van der Waals surface area contributed by atoms with E-state index in [4.69, 9.17) is 21.8 Å². The van der Waals surface area contributed by atoms with Crippen LogP contribution in [0.5, 0.6) is 0 Å². The molecule has 0 amide bonds. The molecule has 1 unspecified atom stereocenters. The molecule has 3 atom stereocenters. The number of nitrogen functional groups attached to an aromatic ring is 1. The molecule has 0 aliphatic rings. The fraction of sp³-hybridized carbons (Fsp3) is 0.500. The lowest BCUT2D eigenvalue weighted by Crippen LogP contribution is -2.35. The molecule has 11 nitrogen and oxygen atoms in total. The highest BCUT2D eigenvalue weighted by atomic mass is 31.2. The maximum Gasteiger partial charge on any atom is 0.312 e. The van der Waals surface area contributed by atoms with Crippen LogP contribution in [0.15, 0.2) is 36.9 Å². The SMILES string of the molecule is [C-]#[N+]c1ccc([C@@H](C)NP(=O)(CO[C@H](C)Cn2cnc3c(N)ncnc32)CC(C)(C)C(=O)OCCC)cc1. The number of nitrogens with one attached hydrogen (secondary N) is 1. The molecule has 0 fully saturated rings. The Bertz CT molecular complexity index is 1330. The van der Waals surface area contributed by atoms with E-state index in [1.165, 1.54) is 6.33 Å². The average Bonchev–Trinajstić information content (AvgIpc) is 3.29. The zero-order chi connectivity index (χ0) is 27.9. The van der Waals surface area contributed by atoms with E-state index in [0.29, 0.717) is 42.2 Å².